The van der Waals surface area contributed by atoms with Gasteiger partial charge in [0.15, 0.2) is 0 Å². The number of thioether (sulfide) groups is 1. The predicted molar refractivity (Wildman–Crippen MR) is 258 cm³/mol. The second-order valence-electron chi connectivity index (χ2n) is 16.4. The van der Waals surface area contributed by atoms with E-state index in [4.69, 9.17) is 4.42 Å². The number of hydrogen-bond donors (Lipinski definition) is 0. The third-order valence-electron chi connectivity index (χ3n) is 13.2. The highest BCUT2D eigenvalue weighted by atomic mass is 32.2. The normalized spacial score (nSPS) is 16.3. The lowest BCUT2D eigenvalue weighted by Crippen LogP contribution is -2.08. The Hall–Kier alpha value is -6.87. The van der Waals surface area contributed by atoms with E-state index < -0.39 is 0 Å². The van der Waals surface area contributed by atoms with Crippen LogP contribution in [0.2, 0.25) is 0 Å². The zero-order chi connectivity index (χ0) is 39.3. The SMILES string of the molecule is C1=CC2=C(CC1)SC1CC(c3c4ccccc4c(-c4ccc5c(c4)oc4cccc(-c6c7ccccc7c(-c7ccccc7)c7ccccc67)c45)c4ccccc34)=CC=C21. The van der Waals surface area contributed by atoms with Crippen molar-refractivity contribution in [3.05, 3.63) is 210 Å². The minimum atomic E-state index is 0.480. The number of furan rings is 1. The maximum Gasteiger partial charge on any atom is 0.136 e. The lowest BCUT2D eigenvalue weighted by molar-refractivity contribution is 0.669. The highest BCUT2D eigenvalue weighted by Crippen LogP contribution is 2.53. The van der Waals surface area contributed by atoms with Crippen LogP contribution in [0.4, 0.5) is 0 Å². The van der Waals surface area contributed by atoms with E-state index in [9.17, 15) is 0 Å². The van der Waals surface area contributed by atoms with Crippen LogP contribution in [0.25, 0.3) is 104 Å². The Morgan fingerprint density at radius 3 is 1.70 bits per heavy atom. The largest absolute Gasteiger partial charge is 0.456 e. The van der Waals surface area contributed by atoms with E-state index in [0.29, 0.717) is 5.25 Å². The predicted octanol–water partition coefficient (Wildman–Crippen LogP) is 16.6. The highest BCUT2D eigenvalue weighted by molar-refractivity contribution is 8.04. The summed E-state index contributed by atoms with van der Waals surface area (Å²) >= 11 is 2.10. The molecule has 0 spiro atoms. The van der Waals surface area contributed by atoms with E-state index in [1.54, 1.807) is 4.91 Å². The fourth-order valence-electron chi connectivity index (χ4n) is 10.7. The van der Waals surface area contributed by atoms with Crippen LogP contribution in [0.1, 0.15) is 24.8 Å². The maximum atomic E-state index is 6.89. The van der Waals surface area contributed by atoms with Gasteiger partial charge in [-0.05, 0) is 141 Å². The quantitative estimate of drug-likeness (QED) is 0.165. The zero-order valence-corrected chi connectivity index (χ0v) is 33.7. The summed E-state index contributed by atoms with van der Waals surface area (Å²) in [4.78, 5) is 1.57. The van der Waals surface area contributed by atoms with Crippen LogP contribution in [-0.2, 0) is 0 Å². The standard InChI is InChI=1S/C58H38OS/c1-2-15-35(16-3-1)54-44-22-8-10-24-46(44)57(47-25-11-9-23-45(47)54)49-26-14-27-50-58(49)48-32-30-36(33-51(48)59-50)55-40-18-4-6-20-42(40)56(43-21-7-5-19-41(43)55)37-29-31-39-38-17-12-13-28-52(38)60-53(39)34-37/h1-12,14-27,29-33,53H,13,28,34H2. The topological polar surface area (TPSA) is 13.1 Å². The van der Waals surface area contributed by atoms with Crippen molar-refractivity contribution >= 4 is 82.4 Å². The van der Waals surface area contributed by atoms with Crippen molar-refractivity contribution in [2.24, 2.45) is 0 Å². The molecule has 1 aromatic heterocycles. The molecule has 60 heavy (non-hydrogen) atoms. The lowest BCUT2D eigenvalue weighted by atomic mass is 9.82. The molecular weight excluding hydrogens is 745 g/mol. The van der Waals surface area contributed by atoms with Gasteiger partial charge in [-0.25, -0.2) is 0 Å². The number of rotatable bonds is 4. The first-order valence-corrected chi connectivity index (χ1v) is 22.0. The summed E-state index contributed by atoms with van der Waals surface area (Å²) in [6.45, 7) is 0. The van der Waals surface area contributed by atoms with Crippen molar-refractivity contribution in [1.29, 1.82) is 0 Å². The summed E-state index contributed by atoms with van der Waals surface area (Å²) in [6, 6.07) is 60.2. The van der Waals surface area contributed by atoms with Gasteiger partial charge in [0.2, 0.25) is 0 Å². The molecule has 0 fully saturated rings. The molecule has 0 bridgehead atoms. The van der Waals surface area contributed by atoms with E-state index >= 15 is 0 Å². The third kappa shape index (κ3) is 5.01. The number of benzene rings is 9. The van der Waals surface area contributed by atoms with Crippen LogP contribution >= 0.6 is 11.8 Å². The first kappa shape index (κ1) is 34.0. The summed E-state index contributed by atoms with van der Waals surface area (Å²) in [5.74, 6) is 0. The fourth-order valence-corrected chi connectivity index (χ4v) is 12.2. The lowest BCUT2D eigenvalue weighted by Gasteiger charge is -2.24. The van der Waals surface area contributed by atoms with Crippen molar-refractivity contribution in [3.63, 3.8) is 0 Å². The van der Waals surface area contributed by atoms with Crippen LogP contribution in [0.3, 0.4) is 0 Å². The second kappa shape index (κ2) is 13.3. The first-order valence-electron chi connectivity index (χ1n) is 21.1. The Bertz CT molecular complexity index is 3480. The zero-order valence-electron chi connectivity index (χ0n) is 32.9. The van der Waals surface area contributed by atoms with Gasteiger partial charge < -0.3 is 4.42 Å². The van der Waals surface area contributed by atoms with Gasteiger partial charge in [-0.2, -0.15) is 0 Å². The molecule has 13 rings (SSSR count). The average Bonchev–Trinajstić information content (AvgIpc) is 3.88. The summed E-state index contributed by atoms with van der Waals surface area (Å²) in [5, 5.41) is 12.9. The van der Waals surface area contributed by atoms with Gasteiger partial charge >= 0.3 is 0 Å². The summed E-state index contributed by atoms with van der Waals surface area (Å²) < 4.78 is 6.89. The minimum Gasteiger partial charge on any atom is -0.456 e. The van der Waals surface area contributed by atoms with Gasteiger partial charge in [0.25, 0.3) is 0 Å². The summed E-state index contributed by atoms with van der Waals surface area (Å²) in [6.07, 6.45) is 12.9. The fraction of sp³-hybridized carbons (Fsp3) is 0.0690. The van der Waals surface area contributed by atoms with Crippen molar-refractivity contribution in [2.45, 2.75) is 24.5 Å². The molecule has 1 nitrogen and oxygen atoms in total. The molecule has 1 aliphatic heterocycles. The first-order chi connectivity index (χ1) is 29.8. The molecule has 0 amide bonds. The molecule has 2 heterocycles. The van der Waals surface area contributed by atoms with Gasteiger partial charge in [0.1, 0.15) is 11.2 Å². The van der Waals surface area contributed by atoms with Crippen LogP contribution in [0.5, 0.6) is 0 Å². The van der Waals surface area contributed by atoms with Crippen LogP contribution in [-0.4, -0.2) is 5.25 Å². The monoisotopic (exact) mass is 782 g/mol. The molecule has 0 saturated heterocycles. The van der Waals surface area contributed by atoms with E-state index in [1.807, 2.05) is 0 Å². The molecule has 2 heteroatoms. The summed E-state index contributed by atoms with van der Waals surface area (Å²) in [7, 11) is 0. The van der Waals surface area contributed by atoms with Gasteiger partial charge in [-0.3, -0.25) is 0 Å². The van der Waals surface area contributed by atoms with E-state index in [1.165, 1.54) is 105 Å². The Morgan fingerprint density at radius 1 is 0.467 bits per heavy atom. The Labute approximate surface area is 352 Å². The molecule has 10 aromatic rings. The Balaban J connectivity index is 1.01. The smallest absolute Gasteiger partial charge is 0.136 e. The van der Waals surface area contributed by atoms with Gasteiger partial charge in [-0.15, -0.1) is 11.8 Å². The van der Waals surface area contributed by atoms with E-state index in [0.717, 1.165) is 34.8 Å². The number of allylic oxidation sites excluding steroid dienone is 7. The molecule has 3 aliphatic rings. The molecule has 282 valence electrons. The second-order valence-corrected chi connectivity index (χ2v) is 17.7. The molecule has 0 N–H and O–H groups in total. The minimum absolute atomic E-state index is 0.480. The van der Waals surface area contributed by atoms with Crippen molar-refractivity contribution in [2.75, 3.05) is 0 Å². The van der Waals surface area contributed by atoms with Crippen molar-refractivity contribution < 1.29 is 4.42 Å². The van der Waals surface area contributed by atoms with Gasteiger partial charge in [-0.1, -0.05) is 170 Å². The van der Waals surface area contributed by atoms with Gasteiger partial charge in [0, 0.05) is 16.0 Å². The molecule has 0 saturated carbocycles. The average molecular weight is 783 g/mol. The maximum absolute atomic E-state index is 6.89. The van der Waals surface area contributed by atoms with Crippen molar-refractivity contribution in [3.8, 4) is 33.4 Å². The van der Waals surface area contributed by atoms with Crippen LogP contribution in [0, 0.1) is 0 Å². The van der Waals surface area contributed by atoms with E-state index in [2.05, 4.69) is 200 Å². The highest BCUT2D eigenvalue weighted by Gasteiger charge is 2.33. The third-order valence-corrected chi connectivity index (χ3v) is 14.7. The summed E-state index contributed by atoms with van der Waals surface area (Å²) in [5.41, 5.74) is 14.9. The molecular formula is C58H38OS. The molecule has 0 radical (unpaired) electrons. The van der Waals surface area contributed by atoms with Crippen LogP contribution < -0.4 is 0 Å². The molecule has 2 aliphatic carbocycles. The van der Waals surface area contributed by atoms with Crippen molar-refractivity contribution in [1.82, 2.24) is 0 Å². The number of fused-ring (bicyclic) bond motifs is 9. The van der Waals surface area contributed by atoms with Crippen LogP contribution in [0.15, 0.2) is 209 Å². The number of hydrogen-bond acceptors (Lipinski definition) is 2. The molecule has 9 aromatic carbocycles. The Kier molecular flexibility index (Phi) is 7.56. The van der Waals surface area contributed by atoms with Gasteiger partial charge in [0.05, 0.1) is 0 Å². The Morgan fingerprint density at radius 2 is 1.05 bits per heavy atom. The molecule has 1 atom stereocenters. The molecule has 1 unspecified atom stereocenters. The van der Waals surface area contributed by atoms with E-state index in [-0.39, 0.29) is 0 Å².